The van der Waals surface area contributed by atoms with E-state index in [0.29, 0.717) is 45.3 Å². The summed E-state index contributed by atoms with van der Waals surface area (Å²) in [6, 6.07) is -0.583. The summed E-state index contributed by atoms with van der Waals surface area (Å²) < 4.78 is 0. The normalized spacial score (nSPS) is 17.6. The molecule has 8 N–H and O–H groups in total. The van der Waals surface area contributed by atoms with Crippen LogP contribution in [-0.2, 0) is 14.4 Å². The van der Waals surface area contributed by atoms with Gasteiger partial charge in [-0.15, -0.1) is 0 Å². The predicted octanol–water partition coefficient (Wildman–Crippen LogP) is -1.02. The van der Waals surface area contributed by atoms with Crippen LogP contribution in [0.25, 0.3) is 0 Å². The van der Waals surface area contributed by atoms with Gasteiger partial charge >= 0.3 is 5.97 Å². The number of nitrogens with zero attached hydrogens (tertiary/aromatic N) is 2. The first-order valence-electron chi connectivity index (χ1n) is 9.42. The summed E-state index contributed by atoms with van der Waals surface area (Å²) in [6.45, 7) is 1.56. The molecule has 2 atom stereocenters. The van der Waals surface area contributed by atoms with Crippen molar-refractivity contribution in [3.63, 3.8) is 0 Å². The van der Waals surface area contributed by atoms with Crippen LogP contribution in [0.2, 0.25) is 0 Å². The molecule has 1 aliphatic rings. The Labute approximate surface area is 159 Å². The third kappa shape index (κ3) is 8.25. The molecule has 0 aliphatic carbocycles. The van der Waals surface area contributed by atoms with Crippen LogP contribution >= 0.6 is 0 Å². The lowest BCUT2D eigenvalue weighted by Crippen LogP contribution is -2.48. The Kier molecular flexibility index (Phi) is 10.2. The number of carboxylic acids is 1. The van der Waals surface area contributed by atoms with Crippen molar-refractivity contribution in [2.75, 3.05) is 26.2 Å². The van der Waals surface area contributed by atoms with Crippen molar-refractivity contribution in [2.24, 2.45) is 28.1 Å². The van der Waals surface area contributed by atoms with Crippen molar-refractivity contribution < 1.29 is 19.5 Å². The van der Waals surface area contributed by atoms with Gasteiger partial charge in [0.05, 0.1) is 6.42 Å². The number of rotatable bonds is 13. The summed E-state index contributed by atoms with van der Waals surface area (Å²) in [6.07, 6.45) is 3.92. The third-order valence-electron chi connectivity index (χ3n) is 4.60. The fraction of sp³-hybridized carbons (Fsp3) is 0.765. The molecule has 27 heavy (non-hydrogen) atoms. The van der Waals surface area contributed by atoms with Gasteiger partial charge < -0.3 is 32.5 Å². The summed E-state index contributed by atoms with van der Waals surface area (Å²) in [5, 5.41) is 11.3. The zero-order valence-electron chi connectivity index (χ0n) is 15.7. The quantitative estimate of drug-likeness (QED) is 0.153. The molecule has 1 rings (SSSR count). The number of nitrogens with two attached hydrogens (primary N) is 3. The molecule has 0 radical (unpaired) electrons. The van der Waals surface area contributed by atoms with E-state index in [1.807, 2.05) is 0 Å². The van der Waals surface area contributed by atoms with Crippen LogP contribution in [0.3, 0.4) is 0 Å². The zero-order chi connectivity index (χ0) is 20.2. The Bertz CT molecular complexity index is 536. The molecule has 10 nitrogen and oxygen atoms in total. The number of aliphatic imine (C=N–C) groups is 1. The molecule has 1 fully saturated rings. The maximum atomic E-state index is 12.7. The lowest BCUT2D eigenvalue weighted by Gasteiger charge is -2.27. The molecule has 1 saturated heterocycles. The molecule has 1 heterocycles. The maximum absolute atomic E-state index is 12.7. The van der Waals surface area contributed by atoms with Gasteiger partial charge in [0.25, 0.3) is 0 Å². The first-order chi connectivity index (χ1) is 12.9. The number of aliphatic carboxylic acids is 1. The number of nitrogens with one attached hydrogen (secondary N) is 1. The van der Waals surface area contributed by atoms with E-state index in [9.17, 15) is 14.4 Å². The third-order valence-corrected chi connectivity index (χ3v) is 4.60. The minimum absolute atomic E-state index is 0.0346. The van der Waals surface area contributed by atoms with E-state index in [2.05, 4.69) is 10.3 Å². The van der Waals surface area contributed by atoms with Crippen LogP contribution in [0.1, 0.15) is 44.9 Å². The summed E-state index contributed by atoms with van der Waals surface area (Å²) in [7, 11) is 0. The number of hydrogen-bond acceptors (Lipinski definition) is 5. The second-order valence-electron chi connectivity index (χ2n) is 6.70. The average Bonchev–Trinajstić information content (AvgIpc) is 2.95. The van der Waals surface area contributed by atoms with Crippen molar-refractivity contribution in [3.8, 4) is 0 Å². The van der Waals surface area contributed by atoms with Gasteiger partial charge in [0.1, 0.15) is 6.04 Å². The topological polar surface area (TPSA) is 177 Å². The van der Waals surface area contributed by atoms with Gasteiger partial charge in [-0.2, -0.15) is 0 Å². The van der Waals surface area contributed by atoms with E-state index in [-0.39, 0.29) is 36.7 Å². The van der Waals surface area contributed by atoms with E-state index in [4.69, 9.17) is 22.3 Å². The number of carboxylic acid groups (broad SMARTS) is 1. The predicted molar refractivity (Wildman–Crippen MR) is 102 cm³/mol. The van der Waals surface area contributed by atoms with Crippen LogP contribution in [0.5, 0.6) is 0 Å². The first-order valence-corrected chi connectivity index (χ1v) is 9.42. The molecule has 0 spiro atoms. The minimum Gasteiger partial charge on any atom is -0.481 e. The van der Waals surface area contributed by atoms with Crippen molar-refractivity contribution >= 4 is 23.7 Å². The van der Waals surface area contributed by atoms with E-state index in [1.165, 1.54) is 0 Å². The van der Waals surface area contributed by atoms with Crippen LogP contribution in [0.4, 0.5) is 0 Å². The smallest absolute Gasteiger partial charge is 0.305 e. The largest absolute Gasteiger partial charge is 0.481 e. The average molecular weight is 384 g/mol. The molecule has 2 amide bonds. The van der Waals surface area contributed by atoms with Gasteiger partial charge in [0.15, 0.2) is 5.96 Å². The molecule has 0 bridgehead atoms. The number of guanidine groups is 1. The molecule has 0 aromatic carbocycles. The van der Waals surface area contributed by atoms with Gasteiger partial charge in [0.2, 0.25) is 11.8 Å². The summed E-state index contributed by atoms with van der Waals surface area (Å²) in [5.41, 5.74) is 16.1. The molecule has 10 heteroatoms. The first kappa shape index (κ1) is 22.7. The van der Waals surface area contributed by atoms with Crippen molar-refractivity contribution in [1.82, 2.24) is 10.2 Å². The van der Waals surface area contributed by atoms with Gasteiger partial charge in [-0.3, -0.25) is 19.4 Å². The van der Waals surface area contributed by atoms with Gasteiger partial charge in [0, 0.05) is 25.6 Å². The van der Waals surface area contributed by atoms with E-state index < -0.39 is 12.0 Å². The Morgan fingerprint density at radius 3 is 2.67 bits per heavy atom. The van der Waals surface area contributed by atoms with E-state index in [1.54, 1.807) is 4.90 Å². The lowest BCUT2D eigenvalue weighted by atomic mass is 10.0. The van der Waals surface area contributed by atoms with Crippen LogP contribution in [0, 0.1) is 5.92 Å². The minimum atomic E-state index is -0.979. The standard InChI is InChI=1S/C17H32N6O4/c18-8-2-1-5-13(15(26)21-10-6-14(24)25)23-11-7-12(16(23)27)4-3-9-22-17(19)20/h12-13H,1-11,18H2,(H,21,26)(H,24,25)(H4,19,20,22)/t12-,13+/m1/s1. The fourth-order valence-electron chi connectivity index (χ4n) is 3.21. The summed E-state index contributed by atoms with van der Waals surface area (Å²) in [4.78, 5) is 41.4. The van der Waals surface area contributed by atoms with Gasteiger partial charge in [-0.1, -0.05) is 0 Å². The SMILES string of the molecule is NCCCC[C@@H](C(=O)NCCC(=O)O)N1CC[C@@H](CCCN=C(N)N)C1=O. The second kappa shape index (κ2) is 12.1. The van der Waals surface area contributed by atoms with E-state index in [0.717, 1.165) is 12.8 Å². The number of amides is 2. The number of unbranched alkanes of at least 4 members (excludes halogenated alkanes) is 1. The number of hydrogen-bond donors (Lipinski definition) is 5. The molecular formula is C17H32N6O4. The molecule has 0 aromatic heterocycles. The molecular weight excluding hydrogens is 352 g/mol. The summed E-state index contributed by atoms with van der Waals surface area (Å²) in [5.74, 6) is -1.42. The van der Waals surface area contributed by atoms with Gasteiger partial charge in [-0.05, 0) is 45.1 Å². The molecule has 0 unspecified atom stereocenters. The maximum Gasteiger partial charge on any atom is 0.305 e. The fourth-order valence-corrected chi connectivity index (χ4v) is 3.21. The highest BCUT2D eigenvalue weighted by Gasteiger charge is 2.38. The molecule has 1 aliphatic heterocycles. The summed E-state index contributed by atoms with van der Waals surface area (Å²) >= 11 is 0. The number of likely N-dealkylation sites (tertiary alicyclic amines) is 1. The lowest BCUT2D eigenvalue weighted by molar-refractivity contribution is -0.140. The van der Waals surface area contributed by atoms with E-state index >= 15 is 0 Å². The Morgan fingerprint density at radius 1 is 1.30 bits per heavy atom. The number of carbonyl (C=O) groups is 3. The van der Waals surface area contributed by atoms with Crippen LogP contribution in [0.15, 0.2) is 4.99 Å². The van der Waals surface area contributed by atoms with Crippen molar-refractivity contribution in [2.45, 2.75) is 51.0 Å². The monoisotopic (exact) mass is 384 g/mol. The highest BCUT2D eigenvalue weighted by Crippen LogP contribution is 2.26. The van der Waals surface area contributed by atoms with Crippen molar-refractivity contribution in [1.29, 1.82) is 0 Å². The Balaban J connectivity index is 2.62. The highest BCUT2D eigenvalue weighted by atomic mass is 16.4. The Hall–Kier alpha value is -2.36. The molecule has 154 valence electrons. The molecule has 0 saturated carbocycles. The zero-order valence-corrected chi connectivity index (χ0v) is 15.7. The Morgan fingerprint density at radius 2 is 2.04 bits per heavy atom. The number of carbonyl (C=O) groups excluding carboxylic acids is 2. The van der Waals surface area contributed by atoms with Crippen molar-refractivity contribution in [3.05, 3.63) is 0 Å². The van der Waals surface area contributed by atoms with Crippen LogP contribution < -0.4 is 22.5 Å². The van der Waals surface area contributed by atoms with Gasteiger partial charge in [-0.25, -0.2) is 0 Å². The van der Waals surface area contributed by atoms with Crippen LogP contribution in [-0.4, -0.2) is 66.0 Å². The molecule has 0 aromatic rings. The highest BCUT2D eigenvalue weighted by molar-refractivity contribution is 5.89. The second-order valence-corrected chi connectivity index (χ2v) is 6.70.